The van der Waals surface area contributed by atoms with Crippen molar-refractivity contribution >= 4 is 11.8 Å². The van der Waals surface area contributed by atoms with Crippen molar-refractivity contribution in [2.75, 3.05) is 0 Å². The van der Waals surface area contributed by atoms with E-state index in [0.717, 1.165) is 19.3 Å². The number of carboxylic acids is 1. The van der Waals surface area contributed by atoms with Gasteiger partial charge in [0.2, 0.25) is 0 Å². The highest BCUT2D eigenvalue weighted by Gasteiger charge is 2.73. The number of ketones is 1. The van der Waals surface area contributed by atoms with Crippen molar-refractivity contribution in [1.29, 1.82) is 0 Å². The Kier molecular flexibility index (Phi) is 1.72. The molecule has 3 nitrogen and oxygen atoms in total. The van der Waals surface area contributed by atoms with Gasteiger partial charge in [-0.3, -0.25) is 9.59 Å². The second kappa shape index (κ2) is 2.56. The summed E-state index contributed by atoms with van der Waals surface area (Å²) in [4.78, 5) is 22.4. The van der Waals surface area contributed by atoms with Crippen LogP contribution in [0.15, 0.2) is 0 Å². The Bertz CT molecular complexity index is 271. The van der Waals surface area contributed by atoms with Crippen molar-refractivity contribution in [3.63, 3.8) is 0 Å². The minimum atomic E-state index is -0.772. The topological polar surface area (TPSA) is 54.4 Å². The molecule has 0 aromatic heterocycles. The van der Waals surface area contributed by atoms with Gasteiger partial charge in [-0.1, -0.05) is 13.3 Å². The quantitative estimate of drug-likeness (QED) is 0.719. The number of rotatable bonds is 3. The molecule has 0 unspecified atom stereocenters. The molecular weight excluding hydrogens is 168 g/mol. The van der Waals surface area contributed by atoms with Crippen LogP contribution < -0.4 is 0 Å². The fraction of sp³-hybridized carbons (Fsp3) is 0.800. The first-order chi connectivity index (χ1) is 6.14. The first kappa shape index (κ1) is 8.73. The summed E-state index contributed by atoms with van der Waals surface area (Å²) in [5.74, 6) is -0.760. The maximum atomic E-state index is 11.6. The number of hydrogen-bond donors (Lipinski definition) is 1. The van der Waals surface area contributed by atoms with Gasteiger partial charge in [0.1, 0.15) is 5.78 Å². The van der Waals surface area contributed by atoms with Gasteiger partial charge in [0.25, 0.3) is 0 Å². The lowest BCUT2D eigenvalue weighted by atomic mass is 9.93. The van der Waals surface area contributed by atoms with Crippen molar-refractivity contribution in [3.05, 3.63) is 0 Å². The van der Waals surface area contributed by atoms with E-state index in [9.17, 15) is 9.59 Å². The van der Waals surface area contributed by atoms with Gasteiger partial charge in [-0.2, -0.15) is 0 Å². The first-order valence-corrected chi connectivity index (χ1v) is 4.90. The average Bonchev–Trinajstić information content (AvgIpc) is 2.61. The molecule has 0 aromatic carbocycles. The van der Waals surface area contributed by atoms with Crippen LogP contribution in [0.2, 0.25) is 0 Å². The molecule has 2 aliphatic rings. The largest absolute Gasteiger partial charge is 0.481 e. The van der Waals surface area contributed by atoms with E-state index in [-0.39, 0.29) is 17.6 Å². The summed E-state index contributed by atoms with van der Waals surface area (Å²) in [7, 11) is 0. The van der Waals surface area contributed by atoms with Gasteiger partial charge in [-0.15, -0.1) is 0 Å². The van der Waals surface area contributed by atoms with Crippen molar-refractivity contribution in [1.82, 2.24) is 0 Å². The summed E-state index contributed by atoms with van der Waals surface area (Å²) < 4.78 is 0. The number of fused-ring (bicyclic) bond motifs is 1. The van der Waals surface area contributed by atoms with Gasteiger partial charge in [-0.05, 0) is 18.8 Å². The van der Waals surface area contributed by atoms with Crippen molar-refractivity contribution in [3.8, 4) is 0 Å². The van der Waals surface area contributed by atoms with E-state index in [1.807, 2.05) is 6.92 Å². The van der Waals surface area contributed by atoms with E-state index < -0.39 is 11.4 Å². The number of aliphatic carboxylic acids is 1. The summed E-state index contributed by atoms with van der Waals surface area (Å²) in [6.45, 7) is 2.01. The van der Waals surface area contributed by atoms with Gasteiger partial charge in [0.15, 0.2) is 0 Å². The highest BCUT2D eigenvalue weighted by Crippen LogP contribution is 2.68. The zero-order valence-corrected chi connectivity index (χ0v) is 7.75. The zero-order valence-electron chi connectivity index (χ0n) is 7.75. The van der Waals surface area contributed by atoms with E-state index in [2.05, 4.69) is 0 Å². The van der Waals surface area contributed by atoms with Gasteiger partial charge in [-0.25, -0.2) is 0 Å². The molecule has 2 fully saturated rings. The standard InChI is InChI=1S/C10H14O3/c1-2-5-10-6(3-4-7(10)11)8(10)9(12)13/h6,8H,2-5H2,1H3,(H,12,13)/t6-,8-,10-/m1/s1. The lowest BCUT2D eigenvalue weighted by molar-refractivity contribution is -0.142. The number of Topliss-reactive ketones (excluding diaryl/α,β-unsaturated/α-hetero) is 1. The van der Waals surface area contributed by atoms with Crippen LogP contribution in [0.4, 0.5) is 0 Å². The van der Waals surface area contributed by atoms with Crippen LogP contribution in [0.5, 0.6) is 0 Å². The van der Waals surface area contributed by atoms with Crippen molar-refractivity contribution in [2.45, 2.75) is 32.6 Å². The van der Waals surface area contributed by atoms with E-state index in [1.54, 1.807) is 0 Å². The molecule has 0 aliphatic heterocycles. The highest BCUT2D eigenvalue weighted by atomic mass is 16.4. The van der Waals surface area contributed by atoms with Gasteiger partial charge >= 0.3 is 5.97 Å². The summed E-state index contributed by atoms with van der Waals surface area (Å²) >= 11 is 0. The molecule has 0 spiro atoms. The zero-order chi connectivity index (χ0) is 9.64. The van der Waals surface area contributed by atoms with Gasteiger partial charge < -0.3 is 5.11 Å². The van der Waals surface area contributed by atoms with Crippen molar-refractivity contribution in [2.24, 2.45) is 17.3 Å². The molecule has 0 amide bonds. The molecular formula is C10H14O3. The lowest BCUT2D eigenvalue weighted by Gasteiger charge is -2.09. The molecule has 0 radical (unpaired) electrons. The third kappa shape index (κ3) is 0.901. The molecule has 3 heteroatoms. The molecule has 72 valence electrons. The Morgan fingerprint density at radius 1 is 1.69 bits per heavy atom. The van der Waals surface area contributed by atoms with Crippen LogP contribution in [-0.2, 0) is 9.59 Å². The van der Waals surface area contributed by atoms with Crippen LogP contribution in [0, 0.1) is 17.3 Å². The number of carbonyl (C=O) groups excluding carboxylic acids is 1. The van der Waals surface area contributed by atoms with E-state index in [1.165, 1.54) is 0 Å². The molecule has 2 rings (SSSR count). The van der Waals surface area contributed by atoms with Gasteiger partial charge in [0.05, 0.1) is 5.92 Å². The third-order valence-electron chi connectivity index (χ3n) is 3.64. The minimum Gasteiger partial charge on any atom is -0.481 e. The molecule has 1 N–H and O–H groups in total. The number of carboxylic acid groups (broad SMARTS) is 1. The van der Waals surface area contributed by atoms with E-state index in [4.69, 9.17) is 5.11 Å². The van der Waals surface area contributed by atoms with Crippen LogP contribution >= 0.6 is 0 Å². The summed E-state index contributed by atoms with van der Waals surface area (Å²) in [6.07, 6.45) is 3.09. The van der Waals surface area contributed by atoms with Crippen molar-refractivity contribution < 1.29 is 14.7 Å². The molecule has 3 atom stereocenters. The van der Waals surface area contributed by atoms with E-state index >= 15 is 0 Å². The molecule has 0 bridgehead atoms. The average molecular weight is 182 g/mol. The normalized spacial score (nSPS) is 41.8. The predicted molar refractivity (Wildman–Crippen MR) is 46.2 cm³/mol. The summed E-state index contributed by atoms with van der Waals surface area (Å²) in [5, 5.41) is 8.92. The monoisotopic (exact) mass is 182 g/mol. The van der Waals surface area contributed by atoms with E-state index in [0.29, 0.717) is 6.42 Å². The van der Waals surface area contributed by atoms with Crippen LogP contribution in [-0.4, -0.2) is 16.9 Å². The second-order valence-electron chi connectivity index (χ2n) is 4.17. The molecule has 0 heterocycles. The SMILES string of the molecule is CCC[C@]12C(=O)CC[C@@H]1[C@@H]2C(=O)O. The van der Waals surface area contributed by atoms with Crippen LogP contribution in [0.25, 0.3) is 0 Å². The summed E-state index contributed by atoms with van der Waals surface area (Å²) in [6, 6.07) is 0. The molecule has 2 saturated carbocycles. The van der Waals surface area contributed by atoms with Crippen LogP contribution in [0.3, 0.4) is 0 Å². The maximum Gasteiger partial charge on any atom is 0.307 e. The number of carbonyl (C=O) groups is 2. The first-order valence-electron chi connectivity index (χ1n) is 4.90. The predicted octanol–water partition coefficient (Wildman–Crippen LogP) is 1.47. The smallest absolute Gasteiger partial charge is 0.307 e. The molecule has 2 aliphatic carbocycles. The summed E-state index contributed by atoms with van der Waals surface area (Å²) in [5.41, 5.74) is -0.430. The van der Waals surface area contributed by atoms with Crippen LogP contribution in [0.1, 0.15) is 32.6 Å². The second-order valence-corrected chi connectivity index (χ2v) is 4.17. The highest BCUT2D eigenvalue weighted by molar-refractivity contribution is 5.98. The Balaban J connectivity index is 2.22. The fourth-order valence-electron chi connectivity index (χ4n) is 3.13. The third-order valence-corrected chi connectivity index (χ3v) is 3.64. The Hall–Kier alpha value is -0.860. The molecule has 0 aromatic rings. The number of hydrogen-bond acceptors (Lipinski definition) is 2. The minimum absolute atomic E-state index is 0.164. The Morgan fingerprint density at radius 3 is 2.85 bits per heavy atom. The lowest BCUT2D eigenvalue weighted by Crippen LogP contribution is -2.19. The maximum absolute atomic E-state index is 11.6. The molecule has 13 heavy (non-hydrogen) atoms. The van der Waals surface area contributed by atoms with Gasteiger partial charge in [0, 0.05) is 11.8 Å². The Labute approximate surface area is 77.1 Å². The fourth-order valence-corrected chi connectivity index (χ4v) is 3.13. The molecule has 0 saturated heterocycles. The Morgan fingerprint density at radius 2 is 2.38 bits per heavy atom.